The average Bonchev–Trinajstić information content (AvgIpc) is 3.16. The second-order valence-corrected chi connectivity index (χ2v) is 7.73. The highest BCUT2D eigenvalue weighted by Gasteiger charge is 2.15. The number of hydrazone groups is 1. The first-order valence-corrected chi connectivity index (χ1v) is 10.3. The van der Waals surface area contributed by atoms with Crippen LogP contribution in [0.15, 0.2) is 41.5 Å². The number of carbonyl (C=O) groups is 2. The van der Waals surface area contributed by atoms with Gasteiger partial charge in [0, 0.05) is 22.2 Å². The number of carbonyl (C=O) groups excluding carboxylic acids is 1. The predicted octanol–water partition coefficient (Wildman–Crippen LogP) is 4.09. The molecule has 0 saturated heterocycles. The molecule has 12 heteroatoms. The van der Waals surface area contributed by atoms with E-state index in [1.807, 2.05) is 0 Å². The van der Waals surface area contributed by atoms with Crippen molar-refractivity contribution < 1.29 is 29.1 Å². The zero-order chi connectivity index (χ0) is 23.3. The third-order valence-corrected chi connectivity index (χ3v) is 5.38. The lowest BCUT2D eigenvalue weighted by atomic mass is 10.2. The Balaban J connectivity index is 1.74. The summed E-state index contributed by atoms with van der Waals surface area (Å²) in [6, 6.07) is 8.94. The van der Waals surface area contributed by atoms with Crippen LogP contribution >= 0.6 is 22.9 Å². The molecule has 0 atom stereocenters. The number of hydrogen-bond acceptors (Lipinski definition) is 8. The third-order valence-electron chi connectivity index (χ3n) is 3.99. The van der Waals surface area contributed by atoms with Crippen LogP contribution < -0.4 is 14.9 Å². The minimum atomic E-state index is -1.16. The maximum Gasteiger partial charge on any atom is 0.341 e. The minimum absolute atomic E-state index is 0.0574. The Bertz CT molecular complexity index is 1230. The lowest BCUT2D eigenvalue weighted by molar-refractivity contribution is -0.384. The van der Waals surface area contributed by atoms with Crippen molar-refractivity contribution in [2.75, 3.05) is 13.2 Å². The van der Waals surface area contributed by atoms with E-state index < -0.39 is 23.4 Å². The van der Waals surface area contributed by atoms with Crippen molar-refractivity contribution in [2.45, 2.75) is 6.92 Å². The summed E-state index contributed by atoms with van der Waals surface area (Å²) in [5, 5.41) is 24.3. The number of nitro benzene ring substituents is 1. The Kier molecular flexibility index (Phi) is 7.23. The van der Waals surface area contributed by atoms with Crippen molar-refractivity contribution in [3.8, 4) is 11.5 Å². The quantitative estimate of drug-likeness (QED) is 0.268. The predicted molar refractivity (Wildman–Crippen MR) is 119 cm³/mol. The zero-order valence-electron chi connectivity index (χ0n) is 16.5. The van der Waals surface area contributed by atoms with Gasteiger partial charge < -0.3 is 14.6 Å². The van der Waals surface area contributed by atoms with Crippen LogP contribution in [0.2, 0.25) is 5.02 Å². The van der Waals surface area contributed by atoms with Crippen molar-refractivity contribution in [1.29, 1.82) is 0 Å². The molecule has 1 amide bonds. The van der Waals surface area contributed by atoms with Crippen LogP contribution in [-0.2, 0) is 4.79 Å². The standard InChI is InChI=1S/C20H16ClN3O7S/c1-2-30-15-6-11(5-14(21)19(15)31-10-18(25)26)9-22-23-20(27)17-8-12-7-13(24(28)29)3-4-16(12)32-17/h3-9H,2,10H2,1H3,(H,23,27)(H,25,26)/b22-9-. The SMILES string of the molecule is CCOc1cc(/C=N\NC(=O)c2cc3cc([N+](=O)[O-])ccc3s2)cc(Cl)c1OCC(=O)O. The highest BCUT2D eigenvalue weighted by Crippen LogP contribution is 2.36. The van der Waals surface area contributed by atoms with Gasteiger partial charge >= 0.3 is 5.97 Å². The number of nitro groups is 1. The maximum absolute atomic E-state index is 12.4. The molecule has 10 nitrogen and oxygen atoms in total. The monoisotopic (exact) mass is 477 g/mol. The number of thiophene rings is 1. The van der Waals surface area contributed by atoms with Gasteiger partial charge in [0.25, 0.3) is 11.6 Å². The van der Waals surface area contributed by atoms with Crippen molar-refractivity contribution in [3.05, 3.63) is 62.0 Å². The number of amides is 1. The average molecular weight is 478 g/mol. The minimum Gasteiger partial charge on any atom is -0.490 e. The number of nitrogens with zero attached hydrogens (tertiary/aromatic N) is 2. The second-order valence-electron chi connectivity index (χ2n) is 6.23. The molecule has 32 heavy (non-hydrogen) atoms. The van der Waals surface area contributed by atoms with Crippen molar-refractivity contribution in [1.82, 2.24) is 5.43 Å². The summed E-state index contributed by atoms with van der Waals surface area (Å²) >= 11 is 7.36. The molecule has 0 aliphatic rings. The van der Waals surface area contributed by atoms with Crippen LogP contribution in [0.5, 0.6) is 11.5 Å². The van der Waals surface area contributed by atoms with E-state index >= 15 is 0 Å². The highest BCUT2D eigenvalue weighted by atomic mass is 35.5. The summed E-state index contributed by atoms with van der Waals surface area (Å²) in [5.74, 6) is -1.31. The Morgan fingerprint density at radius 3 is 2.75 bits per heavy atom. The summed E-state index contributed by atoms with van der Waals surface area (Å²) in [4.78, 5) is 33.9. The van der Waals surface area contributed by atoms with Gasteiger partial charge in [0.1, 0.15) is 0 Å². The first-order valence-electron chi connectivity index (χ1n) is 9.10. The molecule has 2 N–H and O–H groups in total. The van der Waals surface area contributed by atoms with Crippen LogP contribution in [0, 0.1) is 10.1 Å². The van der Waals surface area contributed by atoms with E-state index in [2.05, 4.69) is 10.5 Å². The molecule has 1 aromatic heterocycles. The lowest BCUT2D eigenvalue weighted by Gasteiger charge is -2.13. The van der Waals surface area contributed by atoms with Crippen molar-refractivity contribution >= 4 is 56.8 Å². The summed E-state index contributed by atoms with van der Waals surface area (Å²) in [6.45, 7) is 1.46. The Hall–Kier alpha value is -3.70. The largest absolute Gasteiger partial charge is 0.490 e. The van der Waals surface area contributed by atoms with E-state index in [1.165, 1.54) is 35.8 Å². The van der Waals surface area contributed by atoms with Gasteiger partial charge in [-0.25, -0.2) is 10.2 Å². The topological polar surface area (TPSA) is 140 Å². The Morgan fingerprint density at radius 1 is 1.28 bits per heavy atom. The Morgan fingerprint density at radius 2 is 2.06 bits per heavy atom. The number of carboxylic acid groups (broad SMARTS) is 1. The van der Waals surface area contributed by atoms with E-state index in [-0.39, 0.29) is 22.2 Å². The van der Waals surface area contributed by atoms with Crippen LogP contribution in [0.25, 0.3) is 10.1 Å². The molecular weight excluding hydrogens is 462 g/mol. The number of rotatable bonds is 9. The number of ether oxygens (including phenoxy) is 2. The fourth-order valence-corrected chi connectivity index (χ4v) is 3.88. The van der Waals surface area contributed by atoms with Crippen LogP contribution in [-0.4, -0.2) is 41.3 Å². The summed E-state index contributed by atoms with van der Waals surface area (Å²) in [7, 11) is 0. The fraction of sp³-hybridized carbons (Fsp3) is 0.150. The van der Waals surface area contributed by atoms with Gasteiger partial charge in [0.2, 0.25) is 0 Å². The number of hydrogen-bond donors (Lipinski definition) is 2. The molecule has 0 aliphatic carbocycles. The first kappa shape index (κ1) is 23.0. The number of non-ortho nitro benzene ring substituents is 1. The lowest BCUT2D eigenvalue weighted by Crippen LogP contribution is -2.16. The van der Waals surface area contributed by atoms with E-state index in [9.17, 15) is 19.7 Å². The molecule has 3 aromatic rings. The zero-order valence-corrected chi connectivity index (χ0v) is 18.1. The molecule has 166 valence electrons. The maximum atomic E-state index is 12.4. The fourth-order valence-electron chi connectivity index (χ4n) is 2.68. The van der Waals surface area contributed by atoms with Gasteiger partial charge in [-0.05, 0) is 36.8 Å². The summed E-state index contributed by atoms with van der Waals surface area (Å²) in [5.41, 5.74) is 2.81. The highest BCUT2D eigenvalue weighted by molar-refractivity contribution is 7.20. The smallest absolute Gasteiger partial charge is 0.341 e. The van der Waals surface area contributed by atoms with Gasteiger partial charge in [-0.3, -0.25) is 14.9 Å². The molecule has 0 spiro atoms. The molecule has 1 heterocycles. The van der Waals surface area contributed by atoms with Crippen LogP contribution in [0.3, 0.4) is 0 Å². The molecular formula is C20H16ClN3O7S. The second kappa shape index (κ2) is 10.1. The number of aliphatic carboxylic acids is 1. The molecule has 3 rings (SSSR count). The molecule has 0 bridgehead atoms. The molecule has 2 aromatic carbocycles. The molecule has 0 aliphatic heterocycles. The van der Waals surface area contributed by atoms with Crippen LogP contribution in [0.1, 0.15) is 22.2 Å². The number of benzene rings is 2. The molecule has 0 fully saturated rings. The van der Waals surface area contributed by atoms with E-state index in [1.54, 1.807) is 25.1 Å². The normalized spacial score (nSPS) is 10.9. The van der Waals surface area contributed by atoms with Crippen LogP contribution in [0.4, 0.5) is 5.69 Å². The van der Waals surface area contributed by atoms with Gasteiger partial charge in [0.15, 0.2) is 18.1 Å². The molecule has 0 unspecified atom stereocenters. The van der Waals surface area contributed by atoms with Gasteiger partial charge in [-0.15, -0.1) is 11.3 Å². The number of carboxylic acids is 1. The third kappa shape index (κ3) is 5.50. The molecule has 0 saturated carbocycles. The number of fused-ring (bicyclic) bond motifs is 1. The number of halogens is 1. The molecule has 0 radical (unpaired) electrons. The first-order chi connectivity index (χ1) is 15.3. The van der Waals surface area contributed by atoms with E-state index in [0.29, 0.717) is 22.4 Å². The van der Waals surface area contributed by atoms with Gasteiger partial charge in [-0.2, -0.15) is 5.10 Å². The van der Waals surface area contributed by atoms with Gasteiger partial charge in [-0.1, -0.05) is 11.6 Å². The van der Waals surface area contributed by atoms with Gasteiger partial charge in [0.05, 0.1) is 27.6 Å². The van der Waals surface area contributed by atoms with Crippen molar-refractivity contribution in [3.63, 3.8) is 0 Å². The summed E-state index contributed by atoms with van der Waals surface area (Å²) < 4.78 is 11.4. The number of nitrogens with one attached hydrogen (secondary N) is 1. The summed E-state index contributed by atoms with van der Waals surface area (Å²) in [6.07, 6.45) is 1.34. The van der Waals surface area contributed by atoms with Crippen molar-refractivity contribution in [2.24, 2.45) is 5.10 Å². The van der Waals surface area contributed by atoms with E-state index in [4.69, 9.17) is 26.2 Å². The van der Waals surface area contributed by atoms with E-state index in [0.717, 1.165) is 4.70 Å². The Labute approximate surface area is 190 Å².